The highest BCUT2D eigenvalue weighted by Crippen LogP contribution is 2.21. The Hall–Kier alpha value is -2.04. The topological polar surface area (TPSA) is 47.3 Å². The molecule has 0 spiro atoms. The van der Waals surface area contributed by atoms with Gasteiger partial charge in [0.05, 0.1) is 17.6 Å². The number of aromatic nitrogens is 2. The molecule has 0 aliphatic heterocycles. The molecule has 0 unspecified atom stereocenters. The van der Waals surface area contributed by atoms with Crippen LogP contribution in [0, 0.1) is 6.92 Å². The van der Waals surface area contributed by atoms with E-state index in [1.165, 1.54) is 0 Å². The molecule has 0 aliphatic rings. The Morgan fingerprint density at radius 3 is 2.83 bits per heavy atom. The number of fused-ring (bicyclic) bond motifs is 1. The molecular formula is C18H19ClN2O2. The van der Waals surface area contributed by atoms with E-state index in [2.05, 4.69) is 4.98 Å². The van der Waals surface area contributed by atoms with E-state index in [-0.39, 0.29) is 6.61 Å². The van der Waals surface area contributed by atoms with Crippen LogP contribution in [0.15, 0.2) is 42.5 Å². The van der Waals surface area contributed by atoms with Crippen molar-refractivity contribution >= 4 is 22.6 Å². The third-order valence-electron chi connectivity index (χ3n) is 3.80. The number of hydrogen-bond acceptors (Lipinski definition) is 3. The summed E-state index contributed by atoms with van der Waals surface area (Å²) in [5.41, 5.74) is 2.96. The zero-order valence-corrected chi connectivity index (χ0v) is 13.8. The summed E-state index contributed by atoms with van der Waals surface area (Å²) in [6.45, 7) is 3.24. The van der Waals surface area contributed by atoms with E-state index in [1.54, 1.807) is 0 Å². The summed E-state index contributed by atoms with van der Waals surface area (Å²) in [7, 11) is 0. The zero-order chi connectivity index (χ0) is 16.2. The lowest BCUT2D eigenvalue weighted by atomic mass is 10.2. The first-order valence-electron chi connectivity index (χ1n) is 7.63. The molecule has 3 aromatic rings. The number of halogens is 1. The molecule has 0 radical (unpaired) electrons. The van der Waals surface area contributed by atoms with Crippen LogP contribution in [0.4, 0.5) is 0 Å². The van der Waals surface area contributed by atoms with E-state index < -0.39 is 0 Å². The van der Waals surface area contributed by atoms with E-state index in [9.17, 15) is 5.11 Å². The summed E-state index contributed by atoms with van der Waals surface area (Å²) in [4.78, 5) is 4.45. The van der Waals surface area contributed by atoms with Gasteiger partial charge in [0.1, 0.15) is 18.2 Å². The zero-order valence-electron chi connectivity index (χ0n) is 13.0. The molecule has 1 N–H and O–H groups in total. The van der Waals surface area contributed by atoms with E-state index >= 15 is 0 Å². The smallest absolute Gasteiger partial charge is 0.135 e. The molecular weight excluding hydrogens is 312 g/mol. The van der Waals surface area contributed by atoms with Crippen LogP contribution in [-0.2, 0) is 13.2 Å². The van der Waals surface area contributed by atoms with Crippen molar-refractivity contribution in [2.45, 2.75) is 26.5 Å². The van der Waals surface area contributed by atoms with Crippen molar-refractivity contribution in [2.75, 3.05) is 6.61 Å². The number of benzene rings is 2. The maximum absolute atomic E-state index is 9.48. The predicted octanol–water partition coefficient (Wildman–Crippen LogP) is 3.96. The fourth-order valence-electron chi connectivity index (χ4n) is 2.62. The van der Waals surface area contributed by atoms with Crippen LogP contribution < -0.4 is 4.74 Å². The van der Waals surface area contributed by atoms with Crippen LogP contribution in [0.25, 0.3) is 11.0 Å². The molecule has 0 aliphatic carbocycles. The number of rotatable bonds is 6. The van der Waals surface area contributed by atoms with Gasteiger partial charge in [-0.2, -0.15) is 0 Å². The van der Waals surface area contributed by atoms with Crippen molar-refractivity contribution in [2.24, 2.45) is 0 Å². The number of aryl methyl sites for hydroxylation is 2. The van der Waals surface area contributed by atoms with Crippen LogP contribution in [0.5, 0.6) is 5.75 Å². The molecule has 0 saturated heterocycles. The quantitative estimate of drug-likeness (QED) is 0.696. The first-order valence-corrected chi connectivity index (χ1v) is 8.01. The SMILES string of the molecule is Cc1cc(OCCCn2c(CO)nc3ccccc32)ccc1Cl. The van der Waals surface area contributed by atoms with Crippen molar-refractivity contribution in [3.05, 3.63) is 58.9 Å². The Kier molecular flexibility index (Phi) is 4.84. The van der Waals surface area contributed by atoms with Crippen molar-refractivity contribution < 1.29 is 9.84 Å². The second-order valence-electron chi connectivity index (χ2n) is 5.44. The summed E-state index contributed by atoms with van der Waals surface area (Å²) in [6.07, 6.45) is 0.828. The van der Waals surface area contributed by atoms with Gasteiger partial charge in [0.15, 0.2) is 0 Å². The highest BCUT2D eigenvalue weighted by molar-refractivity contribution is 6.31. The fourth-order valence-corrected chi connectivity index (χ4v) is 2.73. The molecule has 23 heavy (non-hydrogen) atoms. The van der Waals surface area contributed by atoms with Crippen molar-refractivity contribution in [3.63, 3.8) is 0 Å². The Labute approximate surface area is 140 Å². The maximum atomic E-state index is 9.48. The number of aliphatic hydroxyl groups excluding tert-OH is 1. The largest absolute Gasteiger partial charge is 0.494 e. The van der Waals surface area contributed by atoms with Gasteiger partial charge in [0.25, 0.3) is 0 Å². The summed E-state index contributed by atoms with van der Waals surface area (Å²) in [6, 6.07) is 13.6. The Morgan fingerprint density at radius 1 is 1.22 bits per heavy atom. The van der Waals surface area contributed by atoms with Crippen molar-refractivity contribution in [1.29, 1.82) is 0 Å². The van der Waals surface area contributed by atoms with Gasteiger partial charge in [-0.15, -0.1) is 0 Å². The van der Waals surface area contributed by atoms with Gasteiger partial charge >= 0.3 is 0 Å². The van der Waals surface area contributed by atoms with E-state index in [0.29, 0.717) is 12.4 Å². The lowest BCUT2D eigenvalue weighted by molar-refractivity contribution is 0.261. The number of para-hydroxylation sites is 2. The first kappa shape index (κ1) is 15.8. The lowest BCUT2D eigenvalue weighted by Crippen LogP contribution is -2.08. The molecule has 0 bridgehead atoms. The average molecular weight is 331 g/mol. The third kappa shape index (κ3) is 3.49. The number of aliphatic hydroxyl groups is 1. The van der Waals surface area contributed by atoms with Gasteiger partial charge in [0.2, 0.25) is 0 Å². The van der Waals surface area contributed by atoms with Crippen LogP contribution >= 0.6 is 11.6 Å². The van der Waals surface area contributed by atoms with E-state index in [4.69, 9.17) is 16.3 Å². The number of imidazole rings is 1. The molecule has 1 heterocycles. The molecule has 5 heteroatoms. The predicted molar refractivity (Wildman–Crippen MR) is 92.0 cm³/mol. The van der Waals surface area contributed by atoms with Crippen LogP contribution in [-0.4, -0.2) is 21.3 Å². The molecule has 0 saturated carbocycles. The number of hydrogen-bond donors (Lipinski definition) is 1. The summed E-state index contributed by atoms with van der Waals surface area (Å²) in [5.74, 6) is 1.51. The van der Waals surface area contributed by atoms with Gasteiger partial charge in [0, 0.05) is 11.6 Å². The van der Waals surface area contributed by atoms with Crippen molar-refractivity contribution in [3.8, 4) is 5.75 Å². The monoisotopic (exact) mass is 330 g/mol. The normalized spacial score (nSPS) is 11.1. The molecule has 0 atom stereocenters. The Bertz CT molecular complexity index is 814. The van der Waals surface area contributed by atoms with Crippen molar-refractivity contribution in [1.82, 2.24) is 9.55 Å². The minimum Gasteiger partial charge on any atom is -0.494 e. The van der Waals surface area contributed by atoms with Gasteiger partial charge in [-0.3, -0.25) is 0 Å². The van der Waals surface area contributed by atoms with Gasteiger partial charge in [-0.1, -0.05) is 23.7 Å². The first-order chi connectivity index (χ1) is 11.2. The fraction of sp³-hybridized carbons (Fsp3) is 0.278. The Morgan fingerprint density at radius 2 is 2.04 bits per heavy atom. The maximum Gasteiger partial charge on any atom is 0.135 e. The molecule has 0 amide bonds. The number of nitrogens with zero attached hydrogens (tertiary/aromatic N) is 2. The third-order valence-corrected chi connectivity index (χ3v) is 4.22. The van der Waals surface area contributed by atoms with Crippen LogP contribution in [0.3, 0.4) is 0 Å². The highest BCUT2D eigenvalue weighted by Gasteiger charge is 2.09. The molecule has 2 aromatic carbocycles. The van der Waals surface area contributed by atoms with Crippen LogP contribution in [0.1, 0.15) is 17.8 Å². The molecule has 1 aromatic heterocycles. The summed E-state index contributed by atoms with van der Waals surface area (Å²) < 4.78 is 7.82. The lowest BCUT2D eigenvalue weighted by Gasteiger charge is -2.10. The van der Waals surface area contributed by atoms with Gasteiger partial charge < -0.3 is 14.4 Å². The van der Waals surface area contributed by atoms with Gasteiger partial charge in [-0.05, 0) is 49.2 Å². The summed E-state index contributed by atoms with van der Waals surface area (Å²) in [5, 5.41) is 10.2. The minimum atomic E-state index is -0.0636. The second-order valence-corrected chi connectivity index (χ2v) is 5.85. The minimum absolute atomic E-state index is 0.0636. The highest BCUT2D eigenvalue weighted by atomic mass is 35.5. The summed E-state index contributed by atoms with van der Waals surface area (Å²) >= 11 is 6.01. The molecule has 0 fully saturated rings. The molecule has 3 rings (SSSR count). The molecule has 4 nitrogen and oxygen atoms in total. The van der Waals surface area contributed by atoms with E-state index in [1.807, 2.05) is 54.0 Å². The van der Waals surface area contributed by atoms with Crippen LogP contribution in [0.2, 0.25) is 5.02 Å². The average Bonchev–Trinajstić information content (AvgIpc) is 2.92. The second kappa shape index (κ2) is 7.02. The molecule has 120 valence electrons. The van der Waals surface area contributed by atoms with E-state index in [0.717, 1.165) is 40.3 Å². The standard InChI is InChI=1S/C18H19ClN2O2/c1-13-11-14(7-8-15(13)19)23-10-4-9-21-17-6-3-2-5-16(17)20-18(21)12-22/h2-3,5-8,11,22H,4,9-10,12H2,1H3. The van der Waals surface area contributed by atoms with Gasteiger partial charge in [-0.25, -0.2) is 4.98 Å². The Balaban J connectivity index is 1.63. The number of ether oxygens (including phenoxy) is 1.